The number of rotatable bonds is 8. The van der Waals surface area contributed by atoms with Crippen molar-refractivity contribution < 1.29 is 14.3 Å². The van der Waals surface area contributed by atoms with Crippen molar-refractivity contribution in [2.24, 2.45) is 5.84 Å². The van der Waals surface area contributed by atoms with E-state index in [4.69, 9.17) is 21.1 Å². The first kappa shape index (κ1) is 28.4. The number of fused-ring (bicyclic) bond motifs is 2. The maximum absolute atomic E-state index is 12.8. The number of anilines is 2. The van der Waals surface area contributed by atoms with Gasteiger partial charge in [0, 0.05) is 49.7 Å². The molecule has 0 fully saturated rings. The predicted octanol–water partition coefficient (Wildman–Crippen LogP) is 5.22. The third-order valence-corrected chi connectivity index (χ3v) is 7.98. The topological polar surface area (TPSA) is 107 Å². The van der Waals surface area contributed by atoms with Gasteiger partial charge in [-0.1, -0.05) is 30.3 Å². The number of hydrogen-bond acceptors (Lipinski definition) is 8. The fourth-order valence-electron chi connectivity index (χ4n) is 5.67. The van der Waals surface area contributed by atoms with Crippen LogP contribution >= 0.6 is 0 Å². The van der Waals surface area contributed by atoms with Gasteiger partial charge in [-0.25, -0.2) is 5.84 Å². The molecule has 2 heterocycles. The van der Waals surface area contributed by atoms with Gasteiger partial charge in [0.25, 0.3) is 0 Å². The van der Waals surface area contributed by atoms with Crippen LogP contribution in [0.25, 0.3) is 10.9 Å². The highest BCUT2D eigenvalue weighted by Gasteiger charge is 2.24. The minimum Gasteiger partial charge on any atom is -0.492 e. The molecular weight excluding hydrogens is 514 g/mol. The lowest BCUT2D eigenvalue weighted by Crippen LogP contribution is -2.26. The van der Waals surface area contributed by atoms with Gasteiger partial charge < -0.3 is 20.2 Å². The maximum atomic E-state index is 12.8. The molecule has 1 aliphatic heterocycles. The number of aryl methyl sites for hydroxylation is 1. The van der Waals surface area contributed by atoms with Crippen molar-refractivity contribution in [2.75, 3.05) is 37.5 Å². The third kappa shape index (κ3) is 6.14. The number of aromatic nitrogens is 1. The lowest BCUT2D eigenvalue weighted by molar-refractivity contribution is -0.143. The van der Waals surface area contributed by atoms with Gasteiger partial charge in [0.15, 0.2) is 0 Å². The van der Waals surface area contributed by atoms with E-state index in [9.17, 15) is 4.79 Å². The molecule has 8 nitrogen and oxygen atoms in total. The van der Waals surface area contributed by atoms with Gasteiger partial charge in [0.2, 0.25) is 0 Å². The molecule has 0 radical (unpaired) electrons. The van der Waals surface area contributed by atoms with Crippen LogP contribution in [-0.4, -0.2) is 42.7 Å². The molecule has 0 amide bonds. The number of esters is 1. The summed E-state index contributed by atoms with van der Waals surface area (Å²) in [6.07, 6.45) is 2.04. The Labute approximate surface area is 241 Å². The van der Waals surface area contributed by atoms with Crippen LogP contribution in [-0.2, 0) is 22.6 Å². The molecule has 0 saturated carbocycles. The summed E-state index contributed by atoms with van der Waals surface area (Å²) in [6.45, 7) is 9.22. The predicted molar refractivity (Wildman–Crippen MR) is 164 cm³/mol. The molecule has 0 spiro atoms. The molecule has 214 valence electrons. The fourth-order valence-corrected chi connectivity index (χ4v) is 5.67. The third-order valence-electron chi connectivity index (χ3n) is 7.98. The Morgan fingerprint density at radius 3 is 2.78 bits per heavy atom. The van der Waals surface area contributed by atoms with Crippen LogP contribution in [0.15, 0.2) is 60.8 Å². The largest absolute Gasteiger partial charge is 0.492 e. The second-order valence-electron chi connectivity index (χ2n) is 10.8. The Morgan fingerprint density at radius 2 is 2.00 bits per heavy atom. The van der Waals surface area contributed by atoms with Crippen LogP contribution in [0.1, 0.15) is 52.6 Å². The highest BCUT2D eigenvalue weighted by atomic mass is 16.5. The number of carbonyl (C=O) groups is 1. The first-order valence-electron chi connectivity index (χ1n) is 14.1. The molecule has 3 aromatic carbocycles. The molecule has 1 aliphatic rings. The summed E-state index contributed by atoms with van der Waals surface area (Å²) in [4.78, 5) is 19.7. The van der Waals surface area contributed by atoms with Crippen molar-refractivity contribution in [2.45, 2.75) is 46.2 Å². The van der Waals surface area contributed by atoms with Crippen molar-refractivity contribution in [1.29, 1.82) is 0 Å². The van der Waals surface area contributed by atoms with Crippen LogP contribution in [0.4, 0.5) is 11.4 Å². The van der Waals surface area contributed by atoms with E-state index in [-0.39, 0.29) is 18.3 Å². The highest BCUT2D eigenvalue weighted by molar-refractivity contribution is 5.81. The van der Waals surface area contributed by atoms with E-state index >= 15 is 0 Å². The van der Waals surface area contributed by atoms with E-state index in [1.807, 2.05) is 38.2 Å². The van der Waals surface area contributed by atoms with Crippen molar-refractivity contribution in [3.8, 4) is 5.75 Å². The Hall–Kier alpha value is -4.14. The Balaban J connectivity index is 1.47. The average Bonchev–Trinajstić information content (AvgIpc) is 3.14. The van der Waals surface area contributed by atoms with Crippen LogP contribution in [0.5, 0.6) is 5.75 Å². The van der Waals surface area contributed by atoms with E-state index in [2.05, 4.69) is 53.2 Å². The van der Waals surface area contributed by atoms with Crippen molar-refractivity contribution in [3.63, 3.8) is 0 Å². The average molecular weight is 554 g/mol. The van der Waals surface area contributed by atoms with Crippen molar-refractivity contribution in [1.82, 2.24) is 9.88 Å². The number of ether oxygens (including phenoxy) is 2. The van der Waals surface area contributed by atoms with E-state index < -0.39 is 0 Å². The summed E-state index contributed by atoms with van der Waals surface area (Å²) in [5.74, 6) is 6.47. The lowest BCUT2D eigenvalue weighted by atomic mass is 9.84. The molecule has 1 unspecified atom stereocenters. The Bertz CT molecular complexity index is 1570. The SMILES string of the molecule is CCOC(=O)CC(c1ccc(C)c(CN2CCOc3cc4cccnc4cc3C2)c1)c1ccc(N(C)N)c(N)c1C. The first-order chi connectivity index (χ1) is 19.7. The molecule has 0 saturated heterocycles. The van der Waals surface area contributed by atoms with Crippen LogP contribution in [0.3, 0.4) is 0 Å². The summed E-state index contributed by atoms with van der Waals surface area (Å²) in [5.41, 5.74) is 15.3. The van der Waals surface area contributed by atoms with Crippen LogP contribution < -0.4 is 21.3 Å². The molecule has 4 aromatic rings. The zero-order valence-corrected chi connectivity index (χ0v) is 24.3. The van der Waals surface area contributed by atoms with E-state index in [0.717, 1.165) is 64.2 Å². The molecule has 5 rings (SSSR count). The van der Waals surface area contributed by atoms with E-state index in [0.29, 0.717) is 18.9 Å². The van der Waals surface area contributed by atoms with Gasteiger partial charge in [-0.15, -0.1) is 0 Å². The second kappa shape index (κ2) is 12.2. The molecule has 8 heteroatoms. The van der Waals surface area contributed by atoms with E-state index in [1.54, 1.807) is 7.05 Å². The summed E-state index contributed by atoms with van der Waals surface area (Å²) in [7, 11) is 1.76. The molecule has 1 aromatic heterocycles. The molecule has 1 atom stereocenters. The normalized spacial score (nSPS) is 14.2. The van der Waals surface area contributed by atoms with Gasteiger partial charge in [-0.3, -0.25) is 14.7 Å². The molecule has 0 bridgehead atoms. The number of hydrazine groups is 1. The summed E-state index contributed by atoms with van der Waals surface area (Å²) < 4.78 is 11.5. The van der Waals surface area contributed by atoms with Gasteiger partial charge in [0.05, 0.1) is 29.9 Å². The molecule has 41 heavy (non-hydrogen) atoms. The highest BCUT2D eigenvalue weighted by Crippen LogP contribution is 2.37. The second-order valence-corrected chi connectivity index (χ2v) is 10.8. The standard InChI is InChI=1S/C33H39N5O3/c1-5-40-32(39)18-28(27-10-11-30(37(4)35)33(34)22(27)3)23-9-8-21(2)25(15-23)19-38-13-14-41-31-17-24-7-6-12-36-29(24)16-26(31)20-38/h6-12,15-17,28H,5,13-14,18-20,34-35H2,1-4H3. The number of hydrogen-bond donors (Lipinski definition) is 2. The van der Waals surface area contributed by atoms with Crippen molar-refractivity contribution in [3.05, 3.63) is 94.2 Å². The first-order valence-corrected chi connectivity index (χ1v) is 14.1. The number of pyridine rings is 1. The number of carbonyl (C=O) groups excluding carboxylic acids is 1. The number of nitrogen functional groups attached to an aromatic ring is 1. The Morgan fingerprint density at radius 1 is 1.17 bits per heavy atom. The monoisotopic (exact) mass is 553 g/mol. The number of nitrogens with two attached hydrogens (primary N) is 2. The van der Waals surface area contributed by atoms with Crippen LogP contribution in [0.2, 0.25) is 0 Å². The lowest BCUT2D eigenvalue weighted by Gasteiger charge is -2.25. The quantitative estimate of drug-likeness (QED) is 0.132. The maximum Gasteiger partial charge on any atom is 0.306 e. The molecule has 4 N–H and O–H groups in total. The fraction of sp³-hybridized carbons (Fsp3) is 0.333. The molecule has 0 aliphatic carbocycles. The Kier molecular flexibility index (Phi) is 8.42. The zero-order chi connectivity index (χ0) is 29.1. The van der Waals surface area contributed by atoms with Gasteiger partial charge >= 0.3 is 5.97 Å². The van der Waals surface area contributed by atoms with Gasteiger partial charge in [0.1, 0.15) is 12.4 Å². The van der Waals surface area contributed by atoms with Gasteiger partial charge in [-0.2, -0.15) is 0 Å². The summed E-state index contributed by atoms with van der Waals surface area (Å²) in [5, 5.41) is 2.59. The summed E-state index contributed by atoms with van der Waals surface area (Å²) in [6, 6.07) is 18.7. The minimum atomic E-state index is -0.236. The van der Waals surface area contributed by atoms with Crippen molar-refractivity contribution >= 4 is 28.2 Å². The summed E-state index contributed by atoms with van der Waals surface area (Å²) >= 11 is 0. The smallest absolute Gasteiger partial charge is 0.306 e. The minimum absolute atomic E-state index is 0.210. The number of benzene rings is 3. The molecular formula is C33H39N5O3. The van der Waals surface area contributed by atoms with Gasteiger partial charge in [-0.05, 0) is 72.9 Å². The number of nitrogens with zero attached hydrogens (tertiary/aromatic N) is 3. The van der Waals surface area contributed by atoms with Crippen LogP contribution in [0, 0.1) is 13.8 Å². The zero-order valence-electron chi connectivity index (χ0n) is 24.3. The van der Waals surface area contributed by atoms with E-state index in [1.165, 1.54) is 16.1 Å².